The fourth-order valence-corrected chi connectivity index (χ4v) is 7.02. The van der Waals surface area contributed by atoms with Gasteiger partial charge in [-0.05, 0) is 67.1 Å². The van der Waals surface area contributed by atoms with E-state index < -0.39 is 0 Å². The SMILES string of the molecule is COc1ccc2c(c1C)N1c3c(ccc4c3N(c3c(ccc(C)c3C)-c3ccccc3-4)[C@@H]1C)C2(C)C. The molecule has 0 N–H and O–H groups in total. The fourth-order valence-electron chi connectivity index (χ4n) is 7.02. The number of fused-ring (bicyclic) bond motifs is 7. The van der Waals surface area contributed by atoms with Crippen molar-refractivity contribution in [3.05, 3.63) is 88.5 Å². The quantitative estimate of drug-likeness (QED) is 0.276. The monoisotopic (exact) mass is 472 g/mol. The number of rotatable bonds is 1. The van der Waals surface area contributed by atoms with Crippen LogP contribution in [-0.2, 0) is 5.41 Å². The van der Waals surface area contributed by atoms with Crippen LogP contribution in [0.15, 0.2) is 60.7 Å². The molecule has 0 fully saturated rings. The first-order valence-electron chi connectivity index (χ1n) is 12.9. The van der Waals surface area contributed by atoms with Crippen LogP contribution in [0.4, 0.5) is 22.7 Å². The van der Waals surface area contributed by atoms with E-state index in [1.165, 1.54) is 72.8 Å². The Morgan fingerprint density at radius 2 is 1.22 bits per heavy atom. The topological polar surface area (TPSA) is 15.7 Å². The second kappa shape index (κ2) is 6.94. The lowest BCUT2D eigenvalue weighted by Gasteiger charge is -2.42. The minimum Gasteiger partial charge on any atom is -0.496 e. The molecule has 4 aromatic carbocycles. The van der Waals surface area contributed by atoms with E-state index in [1.807, 2.05) is 0 Å². The minimum absolute atomic E-state index is 0.120. The third-order valence-corrected chi connectivity index (χ3v) is 9.02. The van der Waals surface area contributed by atoms with Crippen molar-refractivity contribution in [3.8, 4) is 28.0 Å². The van der Waals surface area contributed by atoms with Gasteiger partial charge in [0.1, 0.15) is 11.9 Å². The average Bonchev–Trinajstić information content (AvgIpc) is 3.08. The van der Waals surface area contributed by atoms with Crippen molar-refractivity contribution in [1.82, 2.24) is 0 Å². The van der Waals surface area contributed by atoms with Gasteiger partial charge in [-0.25, -0.2) is 0 Å². The normalized spacial score (nSPS) is 17.7. The number of aryl methyl sites for hydroxylation is 1. The molecule has 3 heterocycles. The molecule has 180 valence electrons. The fraction of sp³-hybridized carbons (Fsp3) is 0.273. The second-order valence-electron chi connectivity index (χ2n) is 11.1. The lowest BCUT2D eigenvalue weighted by atomic mass is 9.72. The van der Waals surface area contributed by atoms with E-state index in [-0.39, 0.29) is 11.6 Å². The van der Waals surface area contributed by atoms with Gasteiger partial charge >= 0.3 is 0 Å². The summed E-state index contributed by atoms with van der Waals surface area (Å²) >= 11 is 0. The Kier molecular flexibility index (Phi) is 4.16. The van der Waals surface area contributed by atoms with Gasteiger partial charge in [0.05, 0.1) is 29.9 Å². The van der Waals surface area contributed by atoms with Crippen LogP contribution < -0.4 is 14.5 Å². The summed E-state index contributed by atoms with van der Waals surface area (Å²) in [5.74, 6) is 0.946. The number of nitrogens with zero attached hydrogens (tertiary/aromatic N) is 2. The van der Waals surface area contributed by atoms with Crippen LogP contribution >= 0.6 is 0 Å². The Labute approximate surface area is 214 Å². The molecule has 3 heteroatoms. The molecule has 0 radical (unpaired) electrons. The molecule has 0 saturated carbocycles. The zero-order valence-electron chi connectivity index (χ0n) is 22.2. The number of anilines is 4. The average molecular weight is 473 g/mol. The van der Waals surface area contributed by atoms with Crippen molar-refractivity contribution in [2.24, 2.45) is 0 Å². The van der Waals surface area contributed by atoms with Gasteiger partial charge in [-0.1, -0.05) is 68.4 Å². The Hall–Kier alpha value is -3.72. The molecule has 3 aliphatic rings. The van der Waals surface area contributed by atoms with Gasteiger partial charge in [-0.15, -0.1) is 0 Å². The van der Waals surface area contributed by atoms with Crippen LogP contribution in [0.5, 0.6) is 5.75 Å². The summed E-state index contributed by atoms with van der Waals surface area (Å²) in [6.45, 7) is 13.8. The molecule has 3 nitrogen and oxygen atoms in total. The van der Waals surface area contributed by atoms with Crippen LogP contribution in [-0.4, -0.2) is 13.3 Å². The van der Waals surface area contributed by atoms with Gasteiger partial charge in [-0.3, -0.25) is 0 Å². The maximum atomic E-state index is 5.82. The zero-order chi connectivity index (χ0) is 25.1. The number of methoxy groups -OCH3 is 1. The maximum absolute atomic E-state index is 5.82. The molecule has 1 atom stereocenters. The highest BCUT2D eigenvalue weighted by atomic mass is 16.5. The molecule has 0 aliphatic carbocycles. The molecular formula is C33H32N2O. The minimum atomic E-state index is -0.126. The second-order valence-corrected chi connectivity index (χ2v) is 11.1. The standard InChI is InChI=1S/C33H32N2O/c1-18-12-13-24-22-10-8-9-11-23(22)25-14-15-27-32-31(25)34(29(24)19(18)2)21(4)35(32)30-20(3)28(36-7)17-16-26(30)33(27,5)6/h8-17,21H,1-7H3/t21-/m0/s1. The van der Waals surface area contributed by atoms with Gasteiger partial charge in [0.2, 0.25) is 0 Å². The van der Waals surface area contributed by atoms with Crippen LogP contribution in [0.2, 0.25) is 0 Å². The van der Waals surface area contributed by atoms with E-state index in [9.17, 15) is 0 Å². The van der Waals surface area contributed by atoms with Crippen molar-refractivity contribution in [2.45, 2.75) is 53.1 Å². The van der Waals surface area contributed by atoms with Gasteiger partial charge in [-0.2, -0.15) is 0 Å². The van der Waals surface area contributed by atoms with Crippen LogP contribution in [0.1, 0.15) is 48.6 Å². The van der Waals surface area contributed by atoms with Crippen LogP contribution in [0, 0.1) is 20.8 Å². The molecule has 0 unspecified atom stereocenters. The van der Waals surface area contributed by atoms with Gasteiger partial charge in [0, 0.05) is 22.1 Å². The van der Waals surface area contributed by atoms with Crippen molar-refractivity contribution < 1.29 is 4.74 Å². The Bertz CT molecular complexity index is 1610. The van der Waals surface area contributed by atoms with Gasteiger partial charge < -0.3 is 14.5 Å². The molecule has 3 aliphatic heterocycles. The number of hydrogen-bond acceptors (Lipinski definition) is 3. The molecule has 0 aromatic heterocycles. The molecule has 0 amide bonds. The molecular weight excluding hydrogens is 440 g/mol. The summed E-state index contributed by atoms with van der Waals surface area (Å²) in [5, 5.41) is 0. The molecule has 0 spiro atoms. The van der Waals surface area contributed by atoms with E-state index in [2.05, 4.69) is 112 Å². The van der Waals surface area contributed by atoms with Gasteiger partial charge in [0.15, 0.2) is 0 Å². The van der Waals surface area contributed by atoms with Gasteiger partial charge in [0.25, 0.3) is 0 Å². The maximum Gasteiger partial charge on any atom is 0.123 e. The molecule has 0 bridgehead atoms. The first-order valence-corrected chi connectivity index (χ1v) is 12.9. The van der Waals surface area contributed by atoms with E-state index in [0.717, 1.165) is 5.75 Å². The molecule has 0 saturated heterocycles. The zero-order valence-corrected chi connectivity index (χ0v) is 22.2. The lowest BCUT2D eigenvalue weighted by Crippen LogP contribution is -2.40. The number of ether oxygens (including phenoxy) is 1. The Morgan fingerprint density at radius 1 is 0.639 bits per heavy atom. The van der Waals surface area contributed by atoms with E-state index in [0.29, 0.717) is 0 Å². The predicted octanol–water partition coefficient (Wildman–Crippen LogP) is 8.54. The van der Waals surface area contributed by atoms with E-state index in [1.54, 1.807) is 7.11 Å². The molecule has 4 aromatic rings. The third kappa shape index (κ3) is 2.39. The summed E-state index contributed by atoms with van der Waals surface area (Å²) < 4.78 is 5.82. The smallest absolute Gasteiger partial charge is 0.123 e. The van der Waals surface area contributed by atoms with Crippen molar-refractivity contribution in [2.75, 3.05) is 16.9 Å². The van der Waals surface area contributed by atoms with Crippen LogP contribution in [0.3, 0.4) is 0 Å². The summed E-state index contributed by atoms with van der Waals surface area (Å²) in [5.41, 5.74) is 17.0. The summed E-state index contributed by atoms with van der Waals surface area (Å²) in [4.78, 5) is 5.21. The molecule has 7 rings (SSSR count). The summed E-state index contributed by atoms with van der Waals surface area (Å²) in [6, 6.07) is 22.7. The number of hydrogen-bond donors (Lipinski definition) is 0. The van der Waals surface area contributed by atoms with E-state index >= 15 is 0 Å². The lowest BCUT2D eigenvalue weighted by molar-refractivity contribution is 0.411. The first-order chi connectivity index (χ1) is 17.3. The first kappa shape index (κ1) is 21.6. The Balaban J connectivity index is 1.67. The van der Waals surface area contributed by atoms with Crippen molar-refractivity contribution >= 4 is 22.7 Å². The molecule has 36 heavy (non-hydrogen) atoms. The third-order valence-electron chi connectivity index (χ3n) is 9.02. The summed E-state index contributed by atoms with van der Waals surface area (Å²) in [7, 11) is 1.78. The highest BCUT2D eigenvalue weighted by Crippen LogP contribution is 2.64. The predicted molar refractivity (Wildman–Crippen MR) is 150 cm³/mol. The van der Waals surface area contributed by atoms with Crippen LogP contribution in [0.25, 0.3) is 22.3 Å². The van der Waals surface area contributed by atoms with Crippen molar-refractivity contribution in [1.29, 1.82) is 0 Å². The van der Waals surface area contributed by atoms with E-state index in [4.69, 9.17) is 4.74 Å². The summed E-state index contributed by atoms with van der Waals surface area (Å²) in [6.07, 6.45) is 0.120. The highest BCUT2D eigenvalue weighted by Gasteiger charge is 2.49. The number of benzene rings is 4. The Morgan fingerprint density at radius 3 is 1.92 bits per heavy atom. The highest BCUT2D eigenvalue weighted by molar-refractivity contribution is 6.09. The largest absolute Gasteiger partial charge is 0.496 e. The van der Waals surface area contributed by atoms with Crippen molar-refractivity contribution in [3.63, 3.8) is 0 Å².